The van der Waals surface area contributed by atoms with E-state index < -0.39 is 6.10 Å². The Labute approximate surface area is 135 Å². The lowest BCUT2D eigenvalue weighted by molar-refractivity contribution is 0.117. The average molecular weight is 319 g/mol. The first kappa shape index (κ1) is 15.3. The molecule has 5 heteroatoms. The number of aliphatic hydroxyl groups is 1. The minimum Gasteiger partial charge on any atom is -0.487 e. The van der Waals surface area contributed by atoms with E-state index in [1.807, 2.05) is 24.3 Å². The van der Waals surface area contributed by atoms with E-state index in [2.05, 4.69) is 9.88 Å². The molecule has 1 aromatic heterocycles. The number of benzene rings is 1. The molecule has 22 heavy (non-hydrogen) atoms. The second kappa shape index (κ2) is 7.09. The summed E-state index contributed by atoms with van der Waals surface area (Å²) >= 11 is 5.87. The van der Waals surface area contributed by atoms with Gasteiger partial charge in [-0.1, -0.05) is 23.7 Å². The summed E-state index contributed by atoms with van der Waals surface area (Å²) in [6.45, 7) is 2.35. The summed E-state index contributed by atoms with van der Waals surface area (Å²) in [6.07, 6.45) is 4.07. The summed E-state index contributed by atoms with van der Waals surface area (Å²) in [5, 5.41) is 11.0. The van der Waals surface area contributed by atoms with Gasteiger partial charge in [-0.25, -0.2) is 0 Å². The Morgan fingerprint density at radius 2 is 2.14 bits per heavy atom. The first-order chi connectivity index (χ1) is 10.7. The van der Waals surface area contributed by atoms with Gasteiger partial charge in [-0.2, -0.15) is 0 Å². The first-order valence-electron chi connectivity index (χ1n) is 7.43. The van der Waals surface area contributed by atoms with Crippen LogP contribution in [0.15, 0.2) is 48.8 Å². The molecule has 2 heterocycles. The summed E-state index contributed by atoms with van der Waals surface area (Å²) in [5.41, 5.74) is 0.890. The number of halogens is 1. The van der Waals surface area contributed by atoms with Crippen molar-refractivity contribution in [3.63, 3.8) is 0 Å². The summed E-state index contributed by atoms with van der Waals surface area (Å²) in [5.74, 6) is 0.799. The fraction of sp³-hybridized carbons (Fsp3) is 0.353. The van der Waals surface area contributed by atoms with Gasteiger partial charge in [0.25, 0.3) is 0 Å². The molecule has 1 aliphatic rings. The Kier molecular flexibility index (Phi) is 4.93. The smallest absolute Gasteiger partial charge is 0.138 e. The second-order valence-corrected chi connectivity index (χ2v) is 5.98. The molecule has 2 atom stereocenters. The summed E-state index contributed by atoms with van der Waals surface area (Å²) < 4.78 is 5.91. The van der Waals surface area contributed by atoms with Crippen LogP contribution in [0.5, 0.6) is 5.75 Å². The van der Waals surface area contributed by atoms with Crippen LogP contribution >= 0.6 is 11.6 Å². The zero-order valence-corrected chi connectivity index (χ0v) is 13.0. The quantitative estimate of drug-likeness (QED) is 0.920. The van der Waals surface area contributed by atoms with Gasteiger partial charge in [0.15, 0.2) is 0 Å². The fourth-order valence-electron chi connectivity index (χ4n) is 2.70. The van der Waals surface area contributed by atoms with Crippen LogP contribution in [0.25, 0.3) is 0 Å². The van der Waals surface area contributed by atoms with Gasteiger partial charge in [0.1, 0.15) is 11.9 Å². The highest BCUT2D eigenvalue weighted by Crippen LogP contribution is 2.21. The summed E-state index contributed by atoms with van der Waals surface area (Å²) in [6, 6.07) is 11.1. The highest BCUT2D eigenvalue weighted by molar-refractivity contribution is 6.30. The maximum absolute atomic E-state index is 10.3. The Morgan fingerprint density at radius 1 is 1.32 bits per heavy atom. The van der Waals surface area contributed by atoms with E-state index >= 15 is 0 Å². The Hall–Kier alpha value is -1.62. The molecule has 2 unspecified atom stereocenters. The molecule has 3 rings (SSSR count). The summed E-state index contributed by atoms with van der Waals surface area (Å²) in [7, 11) is 0. The predicted octanol–water partition coefficient (Wildman–Crippen LogP) is 2.92. The molecule has 0 amide bonds. The van der Waals surface area contributed by atoms with Crippen LogP contribution in [0.2, 0.25) is 5.02 Å². The molecule has 1 aliphatic heterocycles. The molecule has 1 N–H and O–H groups in total. The van der Waals surface area contributed by atoms with Crippen molar-refractivity contribution in [2.45, 2.75) is 18.6 Å². The van der Waals surface area contributed by atoms with Crippen molar-refractivity contribution in [1.29, 1.82) is 0 Å². The number of β-amino-alcohol motifs (C(OH)–C–C–N with tert-alkyl or cyclic N) is 1. The van der Waals surface area contributed by atoms with Crippen LogP contribution in [0.4, 0.5) is 0 Å². The zero-order valence-electron chi connectivity index (χ0n) is 12.2. The predicted molar refractivity (Wildman–Crippen MR) is 86.1 cm³/mol. The topological polar surface area (TPSA) is 45.6 Å². The number of aromatic nitrogens is 1. The average Bonchev–Trinajstić information content (AvgIpc) is 2.96. The van der Waals surface area contributed by atoms with Crippen molar-refractivity contribution in [1.82, 2.24) is 9.88 Å². The van der Waals surface area contributed by atoms with Crippen LogP contribution in [0, 0.1) is 0 Å². The van der Waals surface area contributed by atoms with Crippen molar-refractivity contribution >= 4 is 11.6 Å². The lowest BCUT2D eigenvalue weighted by Crippen LogP contribution is -2.29. The van der Waals surface area contributed by atoms with Gasteiger partial charge in [0.2, 0.25) is 0 Å². The molecular formula is C17H19ClN2O2. The molecule has 0 aliphatic carbocycles. The monoisotopic (exact) mass is 318 g/mol. The molecule has 2 aromatic rings. The number of hydrogen-bond donors (Lipinski definition) is 1. The van der Waals surface area contributed by atoms with E-state index in [1.165, 1.54) is 0 Å². The van der Waals surface area contributed by atoms with Gasteiger partial charge in [-0.05, 0) is 36.2 Å². The van der Waals surface area contributed by atoms with Crippen molar-refractivity contribution in [2.24, 2.45) is 0 Å². The van der Waals surface area contributed by atoms with E-state index in [1.54, 1.807) is 24.5 Å². The Morgan fingerprint density at radius 3 is 2.86 bits per heavy atom. The lowest BCUT2D eigenvalue weighted by atomic mass is 10.1. The number of nitrogens with zero attached hydrogens (tertiary/aromatic N) is 2. The molecule has 0 radical (unpaired) electrons. The van der Waals surface area contributed by atoms with Crippen LogP contribution in [-0.2, 0) is 0 Å². The van der Waals surface area contributed by atoms with Crippen LogP contribution in [0.1, 0.15) is 18.1 Å². The van der Waals surface area contributed by atoms with Crippen LogP contribution < -0.4 is 4.74 Å². The standard InChI is InChI=1S/C17H19ClN2O2/c18-14-5-3-13(4-6-14)17(21)12-20-9-7-16(11-20)22-15-2-1-8-19-10-15/h1-6,8,10,16-17,21H,7,9,11-12H2. The number of aliphatic hydroxyl groups excluding tert-OH is 1. The van der Waals surface area contributed by atoms with Crippen LogP contribution in [0.3, 0.4) is 0 Å². The third-order valence-electron chi connectivity index (χ3n) is 3.85. The minimum absolute atomic E-state index is 0.154. The number of likely N-dealkylation sites (tertiary alicyclic amines) is 1. The lowest BCUT2D eigenvalue weighted by Gasteiger charge is -2.20. The Balaban J connectivity index is 1.51. The first-order valence-corrected chi connectivity index (χ1v) is 7.81. The van der Waals surface area contributed by atoms with Crippen molar-refractivity contribution in [2.75, 3.05) is 19.6 Å². The highest BCUT2D eigenvalue weighted by atomic mass is 35.5. The molecule has 1 fully saturated rings. The van der Waals surface area contributed by atoms with Gasteiger partial charge >= 0.3 is 0 Å². The maximum Gasteiger partial charge on any atom is 0.138 e. The van der Waals surface area contributed by atoms with Gasteiger partial charge in [-0.15, -0.1) is 0 Å². The normalized spacial score (nSPS) is 20.0. The molecule has 1 aromatic carbocycles. The molecular weight excluding hydrogens is 300 g/mol. The molecule has 0 bridgehead atoms. The molecule has 116 valence electrons. The van der Waals surface area contributed by atoms with Crippen LogP contribution in [-0.4, -0.2) is 40.7 Å². The molecule has 4 nitrogen and oxygen atoms in total. The largest absolute Gasteiger partial charge is 0.487 e. The number of hydrogen-bond acceptors (Lipinski definition) is 4. The third kappa shape index (κ3) is 3.97. The van der Waals surface area contributed by atoms with Crippen molar-refractivity contribution in [3.8, 4) is 5.75 Å². The molecule has 0 saturated carbocycles. The summed E-state index contributed by atoms with van der Waals surface area (Å²) in [4.78, 5) is 6.27. The van der Waals surface area contributed by atoms with E-state index in [0.717, 1.165) is 30.8 Å². The van der Waals surface area contributed by atoms with Crippen molar-refractivity contribution in [3.05, 3.63) is 59.4 Å². The second-order valence-electron chi connectivity index (χ2n) is 5.54. The van der Waals surface area contributed by atoms with Gasteiger partial charge in [0.05, 0.1) is 12.3 Å². The van der Waals surface area contributed by atoms with E-state index in [9.17, 15) is 5.11 Å². The minimum atomic E-state index is -0.505. The van der Waals surface area contributed by atoms with Crippen molar-refractivity contribution < 1.29 is 9.84 Å². The highest BCUT2D eigenvalue weighted by Gasteiger charge is 2.25. The number of pyridine rings is 1. The maximum atomic E-state index is 10.3. The molecule has 0 spiro atoms. The van der Waals surface area contributed by atoms with E-state index in [4.69, 9.17) is 16.3 Å². The van der Waals surface area contributed by atoms with Gasteiger partial charge < -0.3 is 9.84 Å². The number of ether oxygens (including phenoxy) is 1. The van der Waals surface area contributed by atoms with Gasteiger partial charge in [0, 0.05) is 30.9 Å². The molecule has 1 saturated heterocycles. The SMILES string of the molecule is OC(CN1CCC(Oc2cccnc2)C1)c1ccc(Cl)cc1. The Bertz CT molecular complexity index is 591. The third-order valence-corrected chi connectivity index (χ3v) is 4.10. The van der Waals surface area contributed by atoms with Gasteiger partial charge in [-0.3, -0.25) is 9.88 Å². The zero-order chi connectivity index (χ0) is 15.4. The van der Waals surface area contributed by atoms with E-state index in [0.29, 0.717) is 11.6 Å². The van der Waals surface area contributed by atoms with E-state index in [-0.39, 0.29) is 6.10 Å². The number of rotatable bonds is 5. The fourth-order valence-corrected chi connectivity index (χ4v) is 2.83.